The highest BCUT2D eigenvalue weighted by atomic mass is 32.1. The molecule has 2 heterocycles. The molecule has 0 unspecified atom stereocenters. The van der Waals surface area contributed by atoms with Crippen LogP contribution in [0.1, 0.15) is 34.9 Å². The Morgan fingerprint density at radius 3 is 2.85 bits per heavy atom. The molecule has 138 valence electrons. The number of hydrogen-bond acceptors (Lipinski definition) is 5. The molecular formula is C20H24N2O3S. The molecule has 0 fully saturated rings. The van der Waals surface area contributed by atoms with E-state index in [0.29, 0.717) is 25.9 Å². The van der Waals surface area contributed by atoms with E-state index < -0.39 is 0 Å². The minimum atomic E-state index is -0.246. The van der Waals surface area contributed by atoms with E-state index in [0.717, 1.165) is 13.0 Å². The van der Waals surface area contributed by atoms with Crippen molar-refractivity contribution in [2.75, 3.05) is 26.7 Å². The van der Waals surface area contributed by atoms with Crippen LogP contribution < -0.4 is 5.32 Å². The van der Waals surface area contributed by atoms with Crippen molar-refractivity contribution in [3.05, 3.63) is 57.8 Å². The Bertz CT molecular complexity index is 745. The van der Waals surface area contributed by atoms with E-state index in [-0.39, 0.29) is 17.9 Å². The second-order valence-corrected chi connectivity index (χ2v) is 7.36. The van der Waals surface area contributed by atoms with Gasteiger partial charge < -0.3 is 10.1 Å². The van der Waals surface area contributed by atoms with E-state index >= 15 is 0 Å². The quantitative estimate of drug-likeness (QED) is 0.600. The van der Waals surface area contributed by atoms with E-state index in [1.807, 2.05) is 18.2 Å². The van der Waals surface area contributed by atoms with Gasteiger partial charge in [0.15, 0.2) is 0 Å². The van der Waals surface area contributed by atoms with Crippen LogP contribution in [0, 0.1) is 0 Å². The van der Waals surface area contributed by atoms with Gasteiger partial charge in [-0.1, -0.05) is 30.3 Å². The van der Waals surface area contributed by atoms with Crippen LogP contribution >= 0.6 is 11.3 Å². The topological polar surface area (TPSA) is 58.6 Å². The van der Waals surface area contributed by atoms with Crippen LogP contribution in [0.2, 0.25) is 0 Å². The van der Waals surface area contributed by atoms with Gasteiger partial charge in [-0.3, -0.25) is 14.5 Å². The van der Waals surface area contributed by atoms with Crippen LogP contribution in [0.15, 0.2) is 41.8 Å². The van der Waals surface area contributed by atoms with Gasteiger partial charge in [-0.2, -0.15) is 0 Å². The molecule has 5 nitrogen and oxygen atoms in total. The van der Waals surface area contributed by atoms with Gasteiger partial charge in [0.05, 0.1) is 19.7 Å². The molecule has 0 aliphatic carbocycles. The maximum Gasteiger partial charge on any atom is 0.305 e. The predicted octanol–water partition coefficient (Wildman–Crippen LogP) is 2.77. The summed E-state index contributed by atoms with van der Waals surface area (Å²) < 4.78 is 4.61. The first-order valence-electron chi connectivity index (χ1n) is 8.88. The first kappa shape index (κ1) is 18.6. The van der Waals surface area contributed by atoms with Crippen LogP contribution in [0.25, 0.3) is 0 Å². The van der Waals surface area contributed by atoms with E-state index in [2.05, 4.69) is 38.5 Å². The average molecular weight is 372 g/mol. The fourth-order valence-electron chi connectivity index (χ4n) is 3.37. The molecule has 1 atom stereocenters. The lowest BCUT2D eigenvalue weighted by Crippen LogP contribution is -2.43. The van der Waals surface area contributed by atoms with Crippen LogP contribution in [0.4, 0.5) is 0 Å². The Morgan fingerprint density at radius 1 is 1.27 bits per heavy atom. The summed E-state index contributed by atoms with van der Waals surface area (Å²) in [5.41, 5.74) is 2.52. The van der Waals surface area contributed by atoms with Gasteiger partial charge >= 0.3 is 5.97 Å². The summed E-state index contributed by atoms with van der Waals surface area (Å²) in [7, 11) is 1.37. The fraction of sp³-hybridized carbons (Fsp3) is 0.400. The second-order valence-electron chi connectivity index (χ2n) is 6.36. The number of benzene rings is 1. The number of hydrogen-bond donors (Lipinski definition) is 1. The monoisotopic (exact) mass is 372 g/mol. The number of nitrogens with zero attached hydrogens (tertiary/aromatic N) is 1. The summed E-state index contributed by atoms with van der Waals surface area (Å²) >= 11 is 1.80. The number of carbonyl (C=O) groups is 2. The smallest absolute Gasteiger partial charge is 0.305 e. The Balaban J connectivity index is 1.63. The van der Waals surface area contributed by atoms with E-state index in [9.17, 15) is 9.59 Å². The fourth-order valence-corrected chi connectivity index (χ4v) is 4.27. The SMILES string of the molecule is COC(=O)CCCNC(=O)CN1CCc2sccc2[C@@H]1c1ccccc1. The molecule has 1 aromatic carbocycles. The maximum atomic E-state index is 12.4. The molecule has 6 heteroatoms. The molecule has 1 amide bonds. The van der Waals surface area contributed by atoms with Crippen LogP contribution in [-0.2, 0) is 20.7 Å². The molecule has 1 aromatic heterocycles. The lowest BCUT2D eigenvalue weighted by atomic mass is 9.93. The molecule has 3 rings (SSSR count). The minimum absolute atomic E-state index is 0.00511. The second kappa shape index (κ2) is 8.96. The molecule has 0 saturated heterocycles. The number of rotatable bonds is 7. The summed E-state index contributed by atoms with van der Waals surface area (Å²) in [5.74, 6) is -0.251. The predicted molar refractivity (Wildman–Crippen MR) is 102 cm³/mol. The number of carbonyl (C=O) groups excluding carboxylic acids is 2. The van der Waals surface area contributed by atoms with Gasteiger partial charge in [-0.15, -0.1) is 11.3 Å². The third kappa shape index (κ3) is 4.51. The Kier molecular flexibility index (Phi) is 6.41. The Labute approximate surface area is 158 Å². The summed E-state index contributed by atoms with van der Waals surface area (Å²) in [6.07, 6.45) is 1.90. The molecule has 0 bridgehead atoms. The molecule has 0 spiro atoms. The van der Waals surface area contributed by atoms with E-state index in [1.165, 1.54) is 23.1 Å². The Morgan fingerprint density at radius 2 is 2.08 bits per heavy atom. The van der Waals surface area contributed by atoms with Crippen molar-refractivity contribution in [1.82, 2.24) is 10.2 Å². The number of amides is 1. The summed E-state index contributed by atoms with van der Waals surface area (Å²) in [6.45, 7) is 1.71. The number of esters is 1. The number of nitrogens with one attached hydrogen (secondary N) is 1. The summed E-state index contributed by atoms with van der Waals surface area (Å²) in [5, 5.41) is 5.05. The molecule has 0 radical (unpaired) electrons. The lowest BCUT2D eigenvalue weighted by Gasteiger charge is -2.35. The third-order valence-electron chi connectivity index (χ3n) is 4.64. The number of fused-ring (bicyclic) bond motifs is 1. The van der Waals surface area contributed by atoms with Crippen molar-refractivity contribution in [1.29, 1.82) is 0 Å². The van der Waals surface area contributed by atoms with Gasteiger partial charge in [-0.25, -0.2) is 0 Å². The highest BCUT2D eigenvalue weighted by Crippen LogP contribution is 2.37. The van der Waals surface area contributed by atoms with Gasteiger partial charge in [0, 0.05) is 24.4 Å². The van der Waals surface area contributed by atoms with E-state index in [1.54, 1.807) is 11.3 Å². The zero-order chi connectivity index (χ0) is 18.4. The van der Waals surface area contributed by atoms with Crippen molar-refractivity contribution in [3.63, 3.8) is 0 Å². The van der Waals surface area contributed by atoms with Crippen molar-refractivity contribution in [2.45, 2.75) is 25.3 Å². The largest absolute Gasteiger partial charge is 0.469 e. The minimum Gasteiger partial charge on any atom is -0.469 e. The molecular weight excluding hydrogens is 348 g/mol. The van der Waals surface area contributed by atoms with Crippen molar-refractivity contribution >= 4 is 23.2 Å². The molecule has 26 heavy (non-hydrogen) atoms. The van der Waals surface area contributed by atoms with Crippen molar-refractivity contribution in [2.24, 2.45) is 0 Å². The van der Waals surface area contributed by atoms with Crippen LogP contribution in [0.5, 0.6) is 0 Å². The molecule has 0 saturated carbocycles. The van der Waals surface area contributed by atoms with Crippen molar-refractivity contribution < 1.29 is 14.3 Å². The first-order valence-corrected chi connectivity index (χ1v) is 9.76. The highest BCUT2D eigenvalue weighted by molar-refractivity contribution is 7.10. The van der Waals surface area contributed by atoms with Crippen LogP contribution in [-0.4, -0.2) is 43.5 Å². The Hall–Kier alpha value is -2.18. The molecule has 2 aromatic rings. The standard InChI is InChI=1S/C20H24N2O3S/c1-25-19(24)8-5-11-21-18(23)14-22-12-9-17-16(10-13-26-17)20(22)15-6-3-2-4-7-15/h2-4,6-7,10,13,20H,5,8-9,11-12,14H2,1H3,(H,21,23)/t20-/m0/s1. The van der Waals surface area contributed by atoms with Gasteiger partial charge in [0.1, 0.15) is 0 Å². The molecule has 1 aliphatic rings. The highest BCUT2D eigenvalue weighted by Gasteiger charge is 2.30. The number of methoxy groups -OCH3 is 1. The van der Waals surface area contributed by atoms with Gasteiger partial charge in [-0.05, 0) is 35.4 Å². The number of thiophene rings is 1. The third-order valence-corrected chi connectivity index (χ3v) is 5.63. The molecule has 1 aliphatic heterocycles. The zero-order valence-electron chi connectivity index (χ0n) is 14.9. The maximum absolute atomic E-state index is 12.4. The lowest BCUT2D eigenvalue weighted by molar-refractivity contribution is -0.140. The van der Waals surface area contributed by atoms with Gasteiger partial charge in [0.2, 0.25) is 5.91 Å². The first-order chi connectivity index (χ1) is 12.7. The zero-order valence-corrected chi connectivity index (χ0v) is 15.8. The summed E-state index contributed by atoms with van der Waals surface area (Å²) in [6, 6.07) is 12.6. The normalized spacial score (nSPS) is 16.7. The summed E-state index contributed by atoms with van der Waals surface area (Å²) in [4.78, 5) is 27.2. The van der Waals surface area contributed by atoms with Crippen LogP contribution in [0.3, 0.4) is 0 Å². The number of ether oxygens (including phenoxy) is 1. The average Bonchev–Trinajstić information content (AvgIpc) is 3.14. The molecule has 1 N–H and O–H groups in total. The van der Waals surface area contributed by atoms with E-state index in [4.69, 9.17) is 0 Å². The van der Waals surface area contributed by atoms with Crippen molar-refractivity contribution in [3.8, 4) is 0 Å². The van der Waals surface area contributed by atoms with Gasteiger partial charge in [0.25, 0.3) is 0 Å².